The van der Waals surface area contributed by atoms with Crippen molar-refractivity contribution in [3.05, 3.63) is 58.9 Å². The molecule has 120 valence electrons. The second-order valence-corrected chi connectivity index (χ2v) is 7.41. The predicted molar refractivity (Wildman–Crippen MR) is 100 cm³/mol. The van der Waals surface area contributed by atoms with E-state index in [0.29, 0.717) is 0 Å². The highest BCUT2D eigenvalue weighted by Crippen LogP contribution is 2.29. The molecule has 4 rings (SSSR count). The summed E-state index contributed by atoms with van der Waals surface area (Å²) in [7, 11) is 0. The van der Waals surface area contributed by atoms with E-state index in [1.165, 1.54) is 0 Å². The highest BCUT2D eigenvalue weighted by atomic mass is 32.2. The number of nitrogens with zero attached hydrogens (tertiary/aromatic N) is 2. The molecule has 4 nitrogen and oxygen atoms in total. The molecule has 1 aromatic carbocycles. The van der Waals surface area contributed by atoms with Gasteiger partial charge in [-0.1, -0.05) is 30.0 Å². The van der Waals surface area contributed by atoms with Crippen LogP contribution in [0.3, 0.4) is 0 Å². The van der Waals surface area contributed by atoms with Gasteiger partial charge in [-0.05, 0) is 29.7 Å². The van der Waals surface area contributed by atoms with Gasteiger partial charge >= 0.3 is 0 Å². The Morgan fingerprint density at radius 1 is 1.25 bits per heavy atom. The third kappa shape index (κ3) is 3.29. The first-order valence-electron chi connectivity index (χ1n) is 7.61. The molecule has 0 atom stereocenters. The lowest BCUT2D eigenvalue weighted by Gasteiger charge is -2.03. The Bertz CT molecular complexity index is 858. The number of rotatable bonds is 4. The van der Waals surface area contributed by atoms with Crippen LogP contribution in [0.1, 0.15) is 4.88 Å². The van der Waals surface area contributed by atoms with Gasteiger partial charge < -0.3 is 9.88 Å². The Balaban J connectivity index is 1.42. The van der Waals surface area contributed by atoms with Gasteiger partial charge in [0.2, 0.25) is 5.91 Å². The highest BCUT2D eigenvalue weighted by Gasteiger charge is 2.15. The van der Waals surface area contributed by atoms with Crippen molar-refractivity contribution in [1.82, 2.24) is 9.55 Å². The molecule has 0 spiro atoms. The van der Waals surface area contributed by atoms with Gasteiger partial charge in [0.1, 0.15) is 0 Å². The third-order valence-corrected chi connectivity index (χ3v) is 5.50. The van der Waals surface area contributed by atoms with Crippen molar-refractivity contribution in [2.24, 2.45) is 0 Å². The monoisotopic (exact) mass is 353 g/mol. The van der Waals surface area contributed by atoms with E-state index in [4.69, 9.17) is 0 Å². The molecule has 0 saturated carbocycles. The summed E-state index contributed by atoms with van der Waals surface area (Å²) >= 11 is 3.39. The van der Waals surface area contributed by atoms with Crippen LogP contribution >= 0.6 is 23.1 Å². The first kappa shape index (κ1) is 15.2. The highest BCUT2D eigenvalue weighted by molar-refractivity contribution is 7.99. The second-order valence-electron chi connectivity index (χ2n) is 5.37. The van der Waals surface area contributed by atoms with Crippen LogP contribution in [-0.4, -0.2) is 21.2 Å². The van der Waals surface area contributed by atoms with Crippen LogP contribution < -0.4 is 5.32 Å². The first-order valence-corrected chi connectivity index (χ1v) is 9.47. The summed E-state index contributed by atoms with van der Waals surface area (Å²) in [6, 6.07) is 11.7. The van der Waals surface area contributed by atoms with E-state index >= 15 is 0 Å². The molecule has 1 aliphatic heterocycles. The summed E-state index contributed by atoms with van der Waals surface area (Å²) in [5.41, 5.74) is 2.82. The van der Waals surface area contributed by atoms with Crippen LogP contribution in [0.25, 0.3) is 17.3 Å². The number of hydrogen-bond acceptors (Lipinski definition) is 4. The van der Waals surface area contributed by atoms with Gasteiger partial charge in [0.25, 0.3) is 0 Å². The van der Waals surface area contributed by atoms with Crippen molar-refractivity contribution in [2.45, 2.75) is 11.7 Å². The average molecular weight is 353 g/mol. The second kappa shape index (κ2) is 6.67. The fourth-order valence-corrected chi connectivity index (χ4v) is 4.06. The van der Waals surface area contributed by atoms with Crippen LogP contribution in [0.4, 0.5) is 5.69 Å². The van der Waals surface area contributed by atoms with Crippen molar-refractivity contribution < 1.29 is 4.79 Å². The number of anilines is 1. The maximum Gasteiger partial charge on any atom is 0.248 e. The zero-order valence-electron chi connectivity index (χ0n) is 12.8. The number of nitrogens with one attached hydrogen (secondary N) is 1. The van der Waals surface area contributed by atoms with Gasteiger partial charge in [-0.2, -0.15) is 0 Å². The first-order chi connectivity index (χ1) is 11.8. The largest absolute Gasteiger partial charge is 0.325 e. The lowest BCUT2D eigenvalue weighted by atomic mass is 10.1. The Morgan fingerprint density at radius 3 is 2.88 bits per heavy atom. The lowest BCUT2D eigenvalue weighted by Crippen LogP contribution is -2.07. The minimum absolute atomic E-state index is 0.131. The summed E-state index contributed by atoms with van der Waals surface area (Å²) < 4.78 is 2.19. The molecule has 3 aromatic rings. The molecule has 0 radical (unpaired) electrons. The van der Waals surface area contributed by atoms with E-state index in [1.54, 1.807) is 29.2 Å². The van der Waals surface area contributed by atoms with Crippen LogP contribution in [0.15, 0.2) is 59.2 Å². The van der Waals surface area contributed by atoms with Crippen LogP contribution in [0, 0.1) is 0 Å². The number of thioether (sulfide) groups is 1. The fraction of sp³-hybridized carbons (Fsp3) is 0.111. The normalized spacial score (nSPS) is 13.3. The van der Waals surface area contributed by atoms with Gasteiger partial charge in [-0.3, -0.25) is 4.79 Å². The number of amides is 1. The summed E-state index contributed by atoms with van der Waals surface area (Å²) in [6.45, 7) is 1.03. The summed E-state index contributed by atoms with van der Waals surface area (Å²) in [6.07, 6.45) is 5.46. The Morgan fingerprint density at radius 2 is 2.12 bits per heavy atom. The number of hydrogen-bond donors (Lipinski definition) is 1. The maximum atomic E-state index is 11.9. The number of carbonyl (C=O) groups excluding carboxylic acids is 1. The van der Waals surface area contributed by atoms with Gasteiger partial charge in [-0.25, -0.2) is 4.98 Å². The Labute approximate surface area is 148 Å². The molecule has 6 heteroatoms. The number of fused-ring (bicyclic) bond motifs is 1. The molecule has 3 heterocycles. The third-order valence-electron chi connectivity index (χ3n) is 3.69. The molecule has 1 N–H and O–H groups in total. The zero-order valence-corrected chi connectivity index (χ0v) is 14.4. The molecular formula is C18H15N3OS2. The quantitative estimate of drug-likeness (QED) is 0.709. The van der Waals surface area contributed by atoms with E-state index in [9.17, 15) is 4.79 Å². The van der Waals surface area contributed by atoms with Crippen molar-refractivity contribution >= 4 is 40.8 Å². The zero-order chi connectivity index (χ0) is 16.4. The van der Waals surface area contributed by atoms with Crippen molar-refractivity contribution in [1.29, 1.82) is 0 Å². The molecular weight excluding hydrogens is 338 g/mol. The van der Waals surface area contributed by atoms with E-state index in [1.807, 2.05) is 47.9 Å². The van der Waals surface area contributed by atoms with Gasteiger partial charge in [0, 0.05) is 40.7 Å². The minimum atomic E-state index is -0.131. The molecule has 0 saturated heterocycles. The van der Waals surface area contributed by atoms with E-state index in [0.717, 1.165) is 39.3 Å². The summed E-state index contributed by atoms with van der Waals surface area (Å²) in [5, 5.41) is 5.94. The molecule has 0 fully saturated rings. The Hall–Kier alpha value is -2.31. The van der Waals surface area contributed by atoms with Crippen molar-refractivity contribution in [2.75, 3.05) is 11.1 Å². The van der Waals surface area contributed by atoms with Gasteiger partial charge in [-0.15, -0.1) is 11.3 Å². The Kier molecular flexibility index (Phi) is 4.23. The molecule has 1 amide bonds. The van der Waals surface area contributed by atoms with E-state index < -0.39 is 0 Å². The number of aryl methyl sites for hydroxylation is 1. The number of imidazole rings is 1. The molecule has 0 aliphatic carbocycles. The topological polar surface area (TPSA) is 46.9 Å². The molecule has 0 bridgehead atoms. The summed E-state index contributed by atoms with van der Waals surface area (Å²) in [5.74, 6) is 0.973. The molecule has 1 aliphatic rings. The van der Waals surface area contributed by atoms with E-state index in [2.05, 4.69) is 21.1 Å². The molecule has 24 heavy (non-hydrogen) atoms. The maximum absolute atomic E-state index is 11.9. The molecule has 0 unspecified atom stereocenters. The van der Waals surface area contributed by atoms with Gasteiger partial charge in [0.05, 0.1) is 5.69 Å². The number of thiophene rings is 1. The number of carbonyl (C=O) groups is 1. The minimum Gasteiger partial charge on any atom is -0.325 e. The van der Waals surface area contributed by atoms with Gasteiger partial charge in [0.15, 0.2) is 5.16 Å². The summed E-state index contributed by atoms with van der Waals surface area (Å²) in [4.78, 5) is 17.6. The lowest BCUT2D eigenvalue weighted by molar-refractivity contribution is -0.111. The number of benzene rings is 1. The number of aromatic nitrogens is 2. The van der Waals surface area contributed by atoms with Crippen LogP contribution in [0.2, 0.25) is 0 Å². The standard InChI is InChI=1S/C18H15N3OS2/c22-17(8-7-15-2-1-10-23-15)19-14-5-3-13(4-6-14)16-12-21-9-11-24-18(21)20-16/h1-8,10,12H,9,11H2,(H,19,22)/b8-7+. The average Bonchev–Trinajstić information content (AvgIpc) is 3.30. The smallest absolute Gasteiger partial charge is 0.248 e. The van der Waals surface area contributed by atoms with E-state index in [-0.39, 0.29) is 5.91 Å². The van der Waals surface area contributed by atoms with Crippen molar-refractivity contribution in [3.8, 4) is 11.3 Å². The fourth-order valence-electron chi connectivity index (χ4n) is 2.50. The SMILES string of the molecule is O=C(/C=C/c1cccs1)Nc1ccc(-c2cn3c(n2)SCC3)cc1. The van der Waals surface area contributed by atoms with Crippen LogP contribution in [-0.2, 0) is 11.3 Å². The van der Waals surface area contributed by atoms with Crippen LogP contribution in [0.5, 0.6) is 0 Å². The predicted octanol–water partition coefficient (Wildman–Crippen LogP) is 4.37. The molecule has 2 aromatic heterocycles. The van der Waals surface area contributed by atoms with Crippen molar-refractivity contribution in [3.63, 3.8) is 0 Å².